The van der Waals surface area contributed by atoms with Crippen molar-refractivity contribution in [3.8, 4) is 11.8 Å². The van der Waals surface area contributed by atoms with Crippen molar-refractivity contribution in [3.05, 3.63) is 59.7 Å². The van der Waals surface area contributed by atoms with Crippen LogP contribution >= 0.6 is 0 Å². The molecule has 0 aliphatic rings. The molecule has 6 heteroatoms. The van der Waals surface area contributed by atoms with Gasteiger partial charge >= 0.3 is 0 Å². The van der Waals surface area contributed by atoms with E-state index in [1.807, 2.05) is 13.0 Å². The molecule has 0 bridgehead atoms. The topological polar surface area (TPSA) is 70.4 Å². The van der Waals surface area contributed by atoms with Gasteiger partial charge in [-0.15, -0.1) is 0 Å². The molecule has 0 radical (unpaired) electrons. The molecule has 120 valence electrons. The van der Waals surface area contributed by atoms with Crippen LogP contribution in [0.25, 0.3) is 0 Å². The lowest BCUT2D eigenvalue weighted by Gasteiger charge is -2.20. The van der Waals surface area contributed by atoms with Crippen LogP contribution in [-0.2, 0) is 15.8 Å². The Morgan fingerprint density at radius 3 is 2.48 bits per heavy atom. The van der Waals surface area contributed by atoms with Gasteiger partial charge in [-0.05, 0) is 48.9 Å². The normalized spacial score (nSPS) is 10.8. The molecular formula is C17H18N2O3S. The highest BCUT2D eigenvalue weighted by atomic mass is 32.2. The molecule has 5 nitrogen and oxygen atoms in total. The number of hydrogen-bond acceptors (Lipinski definition) is 4. The van der Waals surface area contributed by atoms with E-state index in [4.69, 9.17) is 10.00 Å². The first-order valence-electron chi connectivity index (χ1n) is 7.15. The Balaban J connectivity index is 2.19. The van der Waals surface area contributed by atoms with E-state index in [9.17, 15) is 8.42 Å². The first-order chi connectivity index (χ1) is 11.0. The maximum Gasteiger partial charge on any atom is 0.239 e. The molecule has 0 aromatic heterocycles. The standard InChI is InChI=1S/C17H18N2O3S/c1-3-22-17-9-7-16(8-10-17)19(2)23(20,21)13-15-6-4-5-14(11-15)12-18/h4-11H,3,13H2,1-2H3. The summed E-state index contributed by atoms with van der Waals surface area (Å²) in [6.07, 6.45) is 0. The Bertz CT molecular complexity index is 808. The van der Waals surface area contributed by atoms with Gasteiger partial charge in [0.1, 0.15) is 5.75 Å². The molecule has 2 rings (SSSR count). The summed E-state index contributed by atoms with van der Waals surface area (Å²) in [6, 6.07) is 15.5. The lowest BCUT2D eigenvalue weighted by atomic mass is 10.2. The van der Waals surface area contributed by atoms with Crippen LogP contribution in [0.4, 0.5) is 5.69 Å². The molecule has 0 saturated carbocycles. The third-order valence-electron chi connectivity index (χ3n) is 3.33. The highest BCUT2D eigenvalue weighted by Gasteiger charge is 2.19. The molecule has 2 aromatic rings. The molecule has 0 N–H and O–H groups in total. The van der Waals surface area contributed by atoms with Gasteiger partial charge in [-0.25, -0.2) is 8.42 Å². The number of rotatable bonds is 6. The fraction of sp³-hybridized carbons (Fsp3) is 0.235. The van der Waals surface area contributed by atoms with E-state index in [-0.39, 0.29) is 5.75 Å². The zero-order valence-electron chi connectivity index (χ0n) is 13.1. The number of nitriles is 1. The minimum Gasteiger partial charge on any atom is -0.494 e. The third kappa shape index (κ3) is 4.24. The largest absolute Gasteiger partial charge is 0.494 e. The van der Waals surface area contributed by atoms with Gasteiger partial charge in [-0.2, -0.15) is 5.26 Å². The van der Waals surface area contributed by atoms with Gasteiger partial charge in [0.15, 0.2) is 0 Å². The van der Waals surface area contributed by atoms with E-state index in [0.717, 1.165) is 0 Å². The summed E-state index contributed by atoms with van der Waals surface area (Å²) in [6.45, 7) is 2.45. The quantitative estimate of drug-likeness (QED) is 0.816. The number of anilines is 1. The van der Waals surface area contributed by atoms with E-state index in [0.29, 0.717) is 29.2 Å². The van der Waals surface area contributed by atoms with Crippen molar-refractivity contribution >= 4 is 15.7 Å². The molecule has 0 atom stereocenters. The van der Waals surface area contributed by atoms with Crippen molar-refractivity contribution in [1.29, 1.82) is 5.26 Å². The van der Waals surface area contributed by atoms with Gasteiger partial charge in [-0.1, -0.05) is 12.1 Å². The summed E-state index contributed by atoms with van der Waals surface area (Å²) in [7, 11) is -2.02. The Morgan fingerprint density at radius 1 is 1.17 bits per heavy atom. The van der Waals surface area contributed by atoms with Crippen molar-refractivity contribution < 1.29 is 13.2 Å². The van der Waals surface area contributed by atoms with Crippen LogP contribution in [0.15, 0.2) is 48.5 Å². The van der Waals surface area contributed by atoms with Gasteiger partial charge in [-0.3, -0.25) is 4.31 Å². The van der Waals surface area contributed by atoms with Crippen molar-refractivity contribution in [3.63, 3.8) is 0 Å². The Hall–Kier alpha value is -2.52. The predicted octanol–water partition coefficient (Wildman–Crippen LogP) is 2.92. The van der Waals surface area contributed by atoms with Crippen LogP contribution in [-0.4, -0.2) is 22.1 Å². The van der Waals surface area contributed by atoms with E-state index >= 15 is 0 Å². The molecule has 0 aliphatic carbocycles. The zero-order chi connectivity index (χ0) is 16.9. The van der Waals surface area contributed by atoms with Gasteiger partial charge in [0.05, 0.1) is 29.7 Å². The molecule has 0 saturated heterocycles. The maximum atomic E-state index is 12.5. The molecule has 0 fully saturated rings. The van der Waals surface area contributed by atoms with Gasteiger partial charge in [0.2, 0.25) is 10.0 Å². The average molecular weight is 330 g/mol. The SMILES string of the molecule is CCOc1ccc(N(C)S(=O)(=O)Cc2cccc(C#N)c2)cc1. The van der Waals surface area contributed by atoms with Crippen LogP contribution in [0.5, 0.6) is 5.75 Å². The molecule has 0 unspecified atom stereocenters. The minimum absolute atomic E-state index is 0.160. The van der Waals surface area contributed by atoms with E-state index in [1.165, 1.54) is 11.4 Å². The summed E-state index contributed by atoms with van der Waals surface area (Å²) in [5.41, 5.74) is 1.59. The smallest absolute Gasteiger partial charge is 0.239 e. The van der Waals surface area contributed by atoms with Crippen LogP contribution in [0.3, 0.4) is 0 Å². The fourth-order valence-corrected chi connectivity index (χ4v) is 3.36. The van der Waals surface area contributed by atoms with Crippen LogP contribution in [0.2, 0.25) is 0 Å². The second-order valence-electron chi connectivity index (χ2n) is 4.96. The summed E-state index contributed by atoms with van der Waals surface area (Å²) >= 11 is 0. The summed E-state index contributed by atoms with van der Waals surface area (Å²) in [5, 5.41) is 8.90. The maximum absolute atomic E-state index is 12.5. The minimum atomic E-state index is -3.53. The van der Waals surface area contributed by atoms with Gasteiger partial charge < -0.3 is 4.74 Å². The number of sulfonamides is 1. The molecule has 0 heterocycles. The lowest BCUT2D eigenvalue weighted by Crippen LogP contribution is -2.27. The van der Waals surface area contributed by atoms with Crippen LogP contribution in [0.1, 0.15) is 18.1 Å². The fourth-order valence-electron chi connectivity index (χ4n) is 2.12. The number of ether oxygens (including phenoxy) is 1. The van der Waals surface area contributed by atoms with E-state index in [2.05, 4.69) is 0 Å². The Morgan fingerprint density at radius 2 is 1.87 bits per heavy atom. The second kappa shape index (κ2) is 7.16. The number of nitrogens with zero attached hydrogens (tertiary/aromatic N) is 2. The monoisotopic (exact) mass is 330 g/mol. The molecule has 0 aliphatic heterocycles. The Kier molecular flexibility index (Phi) is 5.24. The summed E-state index contributed by atoms with van der Waals surface area (Å²) < 4.78 is 31.6. The summed E-state index contributed by atoms with van der Waals surface area (Å²) in [4.78, 5) is 0. The van der Waals surface area contributed by atoms with Crippen molar-refractivity contribution in [2.75, 3.05) is 18.0 Å². The number of benzene rings is 2. The van der Waals surface area contributed by atoms with E-state index in [1.54, 1.807) is 48.5 Å². The highest BCUT2D eigenvalue weighted by Crippen LogP contribution is 2.22. The lowest BCUT2D eigenvalue weighted by molar-refractivity contribution is 0.340. The second-order valence-corrected chi connectivity index (χ2v) is 6.96. The first kappa shape index (κ1) is 16.8. The van der Waals surface area contributed by atoms with Crippen molar-refractivity contribution in [2.45, 2.75) is 12.7 Å². The third-order valence-corrected chi connectivity index (χ3v) is 5.08. The van der Waals surface area contributed by atoms with Gasteiger partial charge in [0, 0.05) is 7.05 Å². The van der Waals surface area contributed by atoms with Gasteiger partial charge in [0.25, 0.3) is 0 Å². The van der Waals surface area contributed by atoms with Crippen molar-refractivity contribution in [2.24, 2.45) is 0 Å². The zero-order valence-corrected chi connectivity index (χ0v) is 13.9. The molecular weight excluding hydrogens is 312 g/mol. The predicted molar refractivity (Wildman–Crippen MR) is 89.8 cm³/mol. The average Bonchev–Trinajstić information content (AvgIpc) is 2.55. The summed E-state index contributed by atoms with van der Waals surface area (Å²) in [5.74, 6) is 0.537. The van der Waals surface area contributed by atoms with Crippen LogP contribution < -0.4 is 9.04 Å². The molecule has 2 aromatic carbocycles. The Labute approximate surface area is 136 Å². The van der Waals surface area contributed by atoms with E-state index < -0.39 is 10.0 Å². The highest BCUT2D eigenvalue weighted by molar-refractivity contribution is 7.92. The molecule has 0 spiro atoms. The van der Waals surface area contributed by atoms with Crippen LogP contribution in [0, 0.1) is 11.3 Å². The molecule has 23 heavy (non-hydrogen) atoms. The van der Waals surface area contributed by atoms with Crippen molar-refractivity contribution in [1.82, 2.24) is 0 Å². The molecule has 0 amide bonds. The number of hydrogen-bond donors (Lipinski definition) is 0. The first-order valence-corrected chi connectivity index (χ1v) is 8.75.